The van der Waals surface area contributed by atoms with E-state index in [0.717, 1.165) is 5.69 Å². The summed E-state index contributed by atoms with van der Waals surface area (Å²) in [5, 5.41) is 3.82. The van der Waals surface area contributed by atoms with Crippen LogP contribution in [0.15, 0.2) is 42.5 Å². The second-order valence-electron chi connectivity index (χ2n) is 4.15. The molecule has 0 fully saturated rings. The number of rotatable bonds is 1. The topological polar surface area (TPSA) is 21.3 Å². The van der Waals surface area contributed by atoms with Gasteiger partial charge in [-0.25, -0.2) is 4.39 Å². The van der Waals surface area contributed by atoms with Gasteiger partial charge in [-0.3, -0.25) is 0 Å². The molecule has 3 rings (SSSR count). The molecule has 2 aromatic rings. The van der Waals surface area contributed by atoms with Crippen molar-refractivity contribution in [2.75, 3.05) is 11.9 Å². The van der Waals surface area contributed by atoms with Gasteiger partial charge in [-0.15, -0.1) is 0 Å². The molecule has 1 heterocycles. The smallest absolute Gasteiger partial charge is 0.144 e. The maximum absolute atomic E-state index is 13.7. The zero-order valence-corrected chi connectivity index (χ0v) is 10.2. The van der Waals surface area contributed by atoms with Crippen LogP contribution in [0.4, 0.5) is 10.1 Å². The van der Waals surface area contributed by atoms with Crippen molar-refractivity contribution in [3.05, 3.63) is 58.9 Å². The van der Waals surface area contributed by atoms with Crippen molar-refractivity contribution < 1.29 is 9.13 Å². The molecule has 0 amide bonds. The molecule has 0 bridgehead atoms. The van der Waals surface area contributed by atoms with Crippen LogP contribution >= 0.6 is 11.6 Å². The lowest BCUT2D eigenvalue weighted by molar-refractivity contribution is 0.205. The summed E-state index contributed by atoms with van der Waals surface area (Å²) in [7, 11) is 0. The van der Waals surface area contributed by atoms with E-state index in [4.69, 9.17) is 16.3 Å². The molecule has 1 aliphatic rings. The summed E-state index contributed by atoms with van der Waals surface area (Å²) in [4.78, 5) is 0. The van der Waals surface area contributed by atoms with Crippen LogP contribution in [0.3, 0.4) is 0 Å². The summed E-state index contributed by atoms with van der Waals surface area (Å²) in [5.41, 5.74) is 1.43. The molecule has 1 N–H and O–H groups in total. The zero-order chi connectivity index (χ0) is 12.5. The minimum absolute atomic E-state index is 0.255. The zero-order valence-electron chi connectivity index (χ0n) is 9.49. The van der Waals surface area contributed by atoms with Crippen molar-refractivity contribution in [2.45, 2.75) is 6.10 Å². The summed E-state index contributed by atoms with van der Waals surface area (Å²) in [6.07, 6.45) is -0.336. The second-order valence-corrected chi connectivity index (χ2v) is 4.59. The van der Waals surface area contributed by atoms with Crippen LogP contribution in [-0.2, 0) is 0 Å². The molecule has 4 heteroatoms. The Morgan fingerprint density at radius 3 is 2.89 bits per heavy atom. The van der Waals surface area contributed by atoms with Crippen molar-refractivity contribution >= 4 is 17.3 Å². The Morgan fingerprint density at radius 1 is 1.22 bits per heavy atom. The van der Waals surface area contributed by atoms with Gasteiger partial charge in [-0.05, 0) is 18.2 Å². The minimum Gasteiger partial charge on any atom is -0.482 e. The van der Waals surface area contributed by atoms with Crippen LogP contribution < -0.4 is 10.1 Å². The van der Waals surface area contributed by atoms with Crippen LogP contribution in [0, 0.1) is 5.82 Å². The SMILES string of the molecule is Fc1ccccc1C1CNc2ccc(Cl)cc2O1. The normalized spacial score (nSPS) is 17.6. The Labute approximate surface area is 109 Å². The molecular weight excluding hydrogens is 253 g/mol. The van der Waals surface area contributed by atoms with Gasteiger partial charge in [-0.1, -0.05) is 29.8 Å². The standard InChI is InChI=1S/C14H11ClFNO/c15-9-5-6-12-13(7-9)18-14(8-17-12)10-3-1-2-4-11(10)16/h1-7,14,17H,8H2. The fourth-order valence-corrected chi connectivity index (χ4v) is 2.21. The number of ether oxygens (including phenoxy) is 1. The van der Waals surface area contributed by atoms with Gasteiger partial charge in [0.1, 0.15) is 17.7 Å². The maximum Gasteiger partial charge on any atom is 0.144 e. The summed E-state index contributed by atoms with van der Waals surface area (Å²) in [5.74, 6) is 0.400. The summed E-state index contributed by atoms with van der Waals surface area (Å²) < 4.78 is 19.5. The quantitative estimate of drug-likeness (QED) is 0.839. The molecule has 2 aromatic carbocycles. The van der Waals surface area contributed by atoms with Crippen LogP contribution in [0.2, 0.25) is 5.02 Å². The fraction of sp³-hybridized carbons (Fsp3) is 0.143. The van der Waals surface area contributed by atoms with E-state index in [-0.39, 0.29) is 11.9 Å². The monoisotopic (exact) mass is 263 g/mol. The molecular formula is C14H11ClFNO. The molecule has 0 spiro atoms. The van der Waals surface area contributed by atoms with Crippen molar-refractivity contribution in [3.8, 4) is 5.75 Å². The Bertz CT molecular complexity index is 588. The van der Waals surface area contributed by atoms with Crippen LogP contribution in [0.5, 0.6) is 5.75 Å². The molecule has 18 heavy (non-hydrogen) atoms. The predicted molar refractivity (Wildman–Crippen MR) is 69.7 cm³/mol. The van der Waals surface area contributed by atoms with Crippen molar-refractivity contribution in [1.29, 1.82) is 0 Å². The first-order valence-corrected chi connectivity index (χ1v) is 6.06. The average molecular weight is 264 g/mol. The number of halogens is 2. The van der Waals surface area contributed by atoms with Crippen molar-refractivity contribution in [3.63, 3.8) is 0 Å². The highest BCUT2D eigenvalue weighted by Crippen LogP contribution is 2.36. The lowest BCUT2D eigenvalue weighted by atomic mass is 10.1. The van der Waals surface area contributed by atoms with E-state index < -0.39 is 0 Å². The number of anilines is 1. The van der Waals surface area contributed by atoms with Crippen molar-refractivity contribution in [2.24, 2.45) is 0 Å². The predicted octanol–water partition coefficient (Wildman–Crippen LogP) is 4.02. The number of hydrogen-bond acceptors (Lipinski definition) is 2. The van der Waals surface area contributed by atoms with E-state index in [9.17, 15) is 4.39 Å². The Balaban J connectivity index is 1.93. The Kier molecular flexibility index (Phi) is 2.84. The van der Waals surface area contributed by atoms with Gasteiger partial charge in [0.15, 0.2) is 0 Å². The van der Waals surface area contributed by atoms with Crippen LogP contribution in [0.1, 0.15) is 11.7 Å². The summed E-state index contributed by atoms with van der Waals surface area (Å²) in [6, 6.07) is 12.0. The van der Waals surface area contributed by atoms with E-state index in [2.05, 4.69) is 5.32 Å². The Hall–Kier alpha value is -1.74. The number of fused-ring (bicyclic) bond motifs is 1. The Morgan fingerprint density at radius 2 is 2.06 bits per heavy atom. The van der Waals surface area contributed by atoms with Gasteiger partial charge in [0, 0.05) is 16.7 Å². The summed E-state index contributed by atoms with van der Waals surface area (Å²) >= 11 is 5.92. The van der Waals surface area contributed by atoms with E-state index in [1.54, 1.807) is 30.3 Å². The summed E-state index contributed by atoms with van der Waals surface area (Å²) in [6.45, 7) is 0.537. The first kappa shape index (κ1) is 11.4. The first-order chi connectivity index (χ1) is 8.74. The van der Waals surface area contributed by atoms with E-state index in [0.29, 0.717) is 22.9 Å². The third kappa shape index (κ3) is 2.02. The molecule has 0 aromatic heterocycles. The lowest BCUT2D eigenvalue weighted by Gasteiger charge is -2.28. The maximum atomic E-state index is 13.7. The highest BCUT2D eigenvalue weighted by molar-refractivity contribution is 6.30. The second kappa shape index (κ2) is 4.50. The minimum atomic E-state index is -0.336. The van der Waals surface area contributed by atoms with Gasteiger partial charge < -0.3 is 10.1 Å². The van der Waals surface area contributed by atoms with E-state index >= 15 is 0 Å². The van der Waals surface area contributed by atoms with Gasteiger partial charge in [-0.2, -0.15) is 0 Å². The molecule has 0 saturated heterocycles. The van der Waals surface area contributed by atoms with Gasteiger partial charge in [0.2, 0.25) is 0 Å². The molecule has 0 saturated carbocycles. The van der Waals surface area contributed by atoms with E-state index in [1.807, 2.05) is 6.07 Å². The number of benzene rings is 2. The van der Waals surface area contributed by atoms with Crippen molar-refractivity contribution in [1.82, 2.24) is 0 Å². The first-order valence-electron chi connectivity index (χ1n) is 5.68. The highest BCUT2D eigenvalue weighted by Gasteiger charge is 2.23. The van der Waals surface area contributed by atoms with Gasteiger partial charge >= 0.3 is 0 Å². The molecule has 2 nitrogen and oxygen atoms in total. The molecule has 0 radical (unpaired) electrons. The van der Waals surface area contributed by atoms with Gasteiger partial charge in [0.05, 0.1) is 12.2 Å². The molecule has 1 aliphatic heterocycles. The van der Waals surface area contributed by atoms with E-state index in [1.165, 1.54) is 6.07 Å². The number of nitrogens with one attached hydrogen (secondary N) is 1. The largest absolute Gasteiger partial charge is 0.482 e. The van der Waals surface area contributed by atoms with Crippen LogP contribution in [-0.4, -0.2) is 6.54 Å². The van der Waals surface area contributed by atoms with Crippen LogP contribution in [0.25, 0.3) is 0 Å². The average Bonchev–Trinajstić information content (AvgIpc) is 2.38. The lowest BCUT2D eigenvalue weighted by Crippen LogP contribution is -2.24. The molecule has 1 unspecified atom stereocenters. The third-order valence-electron chi connectivity index (χ3n) is 2.94. The molecule has 1 atom stereocenters. The number of hydrogen-bond donors (Lipinski definition) is 1. The molecule has 0 aliphatic carbocycles. The fourth-order valence-electron chi connectivity index (χ4n) is 2.05. The molecule has 92 valence electrons. The third-order valence-corrected chi connectivity index (χ3v) is 3.18. The highest BCUT2D eigenvalue weighted by atomic mass is 35.5. The van der Waals surface area contributed by atoms with Gasteiger partial charge in [0.25, 0.3) is 0 Å².